The third kappa shape index (κ3) is 3.03. The summed E-state index contributed by atoms with van der Waals surface area (Å²) in [6.45, 7) is 5.21. The number of aromatic nitrogens is 1. The fourth-order valence-electron chi connectivity index (χ4n) is 2.23. The van der Waals surface area contributed by atoms with E-state index in [0.29, 0.717) is 18.2 Å². The van der Waals surface area contributed by atoms with Crippen molar-refractivity contribution in [2.24, 2.45) is 0 Å². The number of hydrogen-bond acceptors (Lipinski definition) is 3. The van der Waals surface area contributed by atoms with Crippen LogP contribution >= 0.6 is 0 Å². The molecule has 2 rings (SSSR count). The summed E-state index contributed by atoms with van der Waals surface area (Å²) >= 11 is 0. The van der Waals surface area contributed by atoms with Crippen molar-refractivity contribution in [2.45, 2.75) is 44.9 Å². The molecule has 1 aromatic heterocycles. The number of hydrogen-bond donors (Lipinski definition) is 1. The number of nitrogens with one attached hydrogen (secondary N) is 1. The zero-order chi connectivity index (χ0) is 11.4. The van der Waals surface area contributed by atoms with Crippen LogP contribution < -0.4 is 5.32 Å². The number of nitrogens with zero attached hydrogens (tertiary/aromatic N) is 1. The van der Waals surface area contributed by atoms with Crippen LogP contribution in [-0.2, 0) is 4.74 Å². The van der Waals surface area contributed by atoms with E-state index in [4.69, 9.17) is 4.74 Å². The third-order valence-electron chi connectivity index (χ3n) is 3.16. The fourth-order valence-corrected chi connectivity index (χ4v) is 2.23. The molecule has 3 atom stereocenters. The molecule has 1 saturated heterocycles. The standard InChI is InChI=1S/C13H20N2O/c1-10-8-13(5-7-16-10)15-11(2)12-4-3-6-14-9-12/h3-4,6,9-11,13,15H,5,7-8H2,1-2H3/t10?,11-,13?/m1/s1. The van der Waals surface area contributed by atoms with Crippen molar-refractivity contribution < 1.29 is 4.74 Å². The van der Waals surface area contributed by atoms with Crippen LogP contribution in [0, 0.1) is 0 Å². The lowest BCUT2D eigenvalue weighted by Crippen LogP contribution is -2.39. The molecule has 0 radical (unpaired) electrons. The van der Waals surface area contributed by atoms with E-state index in [1.807, 2.05) is 18.5 Å². The van der Waals surface area contributed by atoms with Crippen molar-refractivity contribution in [3.05, 3.63) is 30.1 Å². The molecule has 88 valence electrons. The van der Waals surface area contributed by atoms with Crippen molar-refractivity contribution in [3.63, 3.8) is 0 Å². The molecule has 16 heavy (non-hydrogen) atoms. The second-order valence-electron chi connectivity index (χ2n) is 4.58. The highest BCUT2D eigenvalue weighted by molar-refractivity contribution is 5.13. The molecule has 1 N–H and O–H groups in total. The van der Waals surface area contributed by atoms with Gasteiger partial charge in [-0.1, -0.05) is 6.07 Å². The van der Waals surface area contributed by atoms with Crippen molar-refractivity contribution in [1.82, 2.24) is 10.3 Å². The maximum Gasteiger partial charge on any atom is 0.0561 e. The van der Waals surface area contributed by atoms with Gasteiger partial charge in [0.05, 0.1) is 6.10 Å². The fraction of sp³-hybridized carbons (Fsp3) is 0.615. The number of pyridine rings is 1. The summed E-state index contributed by atoms with van der Waals surface area (Å²) in [6.07, 6.45) is 6.33. The van der Waals surface area contributed by atoms with Gasteiger partial charge in [-0.2, -0.15) is 0 Å². The Kier molecular flexibility index (Phi) is 3.91. The predicted octanol–water partition coefficient (Wildman–Crippen LogP) is 2.30. The van der Waals surface area contributed by atoms with E-state index >= 15 is 0 Å². The maximum absolute atomic E-state index is 5.54. The molecule has 0 saturated carbocycles. The first kappa shape index (κ1) is 11.6. The second-order valence-corrected chi connectivity index (χ2v) is 4.58. The Morgan fingerprint density at radius 3 is 3.12 bits per heavy atom. The minimum absolute atomic E-state index is 0.365. The topological polar surface area (TPSA) is 34.2 Å². The van der Waals surface area contributed by atoms with Gasteiger partial charge in [0.1, 0.15) is 0 Å². The van der Waals surface area contributed by atoms with Crippen LogP contribution in [-0.4, -0.2) is 23.7 Å². The molecule has 2 heterocycles. The van der Waals surface area contributed by atoms with Gasteiger partial charge in [0.25, 0.3) is 0 Å². The van der Waals surface area contributed by atoms with Crippen LogP contribution in [0.5, 0.6) is 0 Å². The maximum atomic E-state index is 5.54. The van der Waals surface area contributed by atoms with Gasteiger partial charge in [-0.05, 0) is 38.3 Å². The van der Waals surface area contributed by atoms with Crippen LogP contribution in [0.1, 0.15) is 38.3 Å². The third-order valence-corrected chi connectivity index (χ3v) is 3.16. The van der Waals surface area contributed by atoms with Crippen molar-refractivity contribution in [2.75, 3.05) is 6.61 Å². The van der Waals surface area contributed by atoms with Gasteiger partial charge in [0, 0.05) is 31.1 Å². The summed E-state index contributed by atoms with van der Waals surface area (Å²) in [5.41, 5.74) is 1.25. The largest absolute Gasteiger partial charge is 0.378 e. The van der Waals surface area contributed by atoms with Gasteiger partial charge in [-0.25, -0.2) is 0 Å². The highest BCUT2D eigenvalue weighted by Crippen LogP contribution is 2.18. The van der Waals surface area contributed by atoms with Gasteiger partial charge in [0.15, 0.2) is 0 Å². The van der Waals surface area contributed by atoms with E-state index in [1.54, 1.807) is 0 Å². The van der Waals surface area contributed by atoms with E-state index in [1.165, 1.54) is 5.56 Å². The lowest BCUT2D eigenvalue weighted by Gasteiger charge is -2.30. The van der Waals surface area contributed by atoms with E-state index < -0.39 is 0 Å². The zero-order valence-electron chi connectivity index (χ0n) is 10.0. The lowest BCUT2D eigenvalue weighted by atomic mass is 10.0. The number of rotatable bonds is 3. The second kappa shape index (κ2) is 5.41. The lowest BCUT2D eigenvalue weighted by molar-refractivity contribution is 0.0116. The van der Waals surface area contributed by atoms with E-state index in [0.717, 1.165) is 19.4 Å². The molecule has 3 heteroatoms. The highest BCUT2D eigenvalue weighted by Gasteiger charge is 2.20. The van der Waals surface area contributed by atoms with Gasteiger partial charge in [-0.3, -0.25) is 4.98 Å². The Morgan fingerprint density at radius 2 is 2.44 bits per heavy atom. The number of ether oxygens (including phenoxy) is 1. The molecule has 1 aromatic rings. The van der Waals surface area contributed by atoms with Crippen LogP contribution in [0.15, 0.2) is 24.5 Å². The van der Waals surface area contributed by atoms with Crippen molar-refractivity contribution in [3.8, 4) is 0 Å². The average molecular weight is 220 g/mol. The van der Waals surface area contributed by atoms with Gasteiger partial charge in [-0.15, -0.1) is 0 Å². The van der Waals surface area contributed by atoms with Crippen LogP contribution in [0.2, 0.25) is 0 Å². The molecule has 2 unspecified atom stereocenters. The molecule has 1 aliphatic heterocycles. The van der Waals surface area contributed by atoms with Crippen LogP contribution in [0.4, 0.5) is 0 Å². The Labute approximate surface area is 97.2 Å². The molecular formula is C13H20N2O. The average Bonchev–Trinajstić information content (AvgIpc) is 2.30. The first-order valence-corrected chi connectivity index (χ1v) is 6.03. The highest BCUT2D eigenvalue weighted by atomic mass is 16.5. The first-order valence-electron chi connectivity index (χ1n) is 6.03. The molecule has 0 aliphatic carbocycles. The Hall–Kier alpha value is -0.930. The van der Waals surface area contributed by atoms with Crippen LogP contribution in [0.3, 0.4) is 0 Å². The summed E-state index contributed by atoms with van der Waals surface area (Å²) in [7, 11) is 0. The quantitative estimate of drug-likeness (QED) is 0.848. The molecule has 3 nitrogen and oxygen atoms in total. The zero-order valence-corrected chi connectivity index (χ0v) is 10.0. The molecule has 0 amide bonds. The van der Waals surface area contributed by atoms with E-state index in [-0.39, 0.29) is 0 Å². The van der Waals surface area contributed by atoms with Crippen molar-refractivity contribution in [1.29, 1.82) is 0 Å². The molecule has 0 spiro atoms. The molecule has 0 bridgehead atoms. The van der Waals surface area contributed by atoms with Gasteiger partial charge in [0.2, 0.25) is 0 Å². The predicted molar refractivity (Wildman–Crippen MR) is 64.2 cm³/mol. The Balaban J connectivity index is 1.89. The molecule has 0 aromatic carbocycles. The Morgan fingerprint density at radius 1 is 1.56 bits per heavy atom. The Bertz CT molecular complexity index is 315. The first-order chi connectivity index (χ1) is 7.75. The normalized spacial score (nSPS) is 27.6. The minimum atomic E-state index is 0.365. The summed E-state index contributed by atoms with van der Waals surface area (Å²) in [4.78, 5) is 4.15. The SMILES string of the molecule is CC1CC(N[C@H](C)c2cccnc2)CCO1. The van der Waals surface area contributed by atoms with Crippen LogP contribution in [0.25, 0.3) is 0 Å². The summed E-state index contributed by atoms with van der Waals surface area (Å²) in [6, 6.07) is 5.04. The smallest absolute Gasteiger partial charge is 0.0561 e. The van der Waals surface area contributed by atoms with Crippen molar-refractivity contribution >= 4 is 0 Å². The monoisotopic (exact) mass is 220 g/mol. The summed E-state index contributed by atoms with van der Waals surface area (Å²) in [5.74, 6) is 0. The van der Waals surface area contributed by atoms with E-state index in [9.17, 15) is 0 Å². The van der Waals surface area contributed by atoms with Gasteiger partial charge >= 0.3 is 0 Å². The van der Waals surface area contributed by atoms with Gasteiger partial charge < -0.3 is 10.1 Å². The molecule has 1 aliphatic rings. The van der Waals surface area contributed by atoms with E-state index in [2.05, 4.69) is 30.2 Å². The summed E-state index contributed by atoms with van der Waals surface area (Å²) < 4.78 is 5.54. The molecule has 1 fully saturated rings. The minimum Gasteiger partial charge on any atom is -0.378 e. The molecular weight excluding hydrogens is 200 g/mol. The summed E-state index contributed by atoms with van der Waals surface area (Å²) in [5, 5.41) is 3.65.